The van der Waals surface area contributed by atoms with Crippen LogP contribution < -0.4 is 10.2 Å². The number of likely N-dealkylation sites (tertiary alicyclic amines) is 1. The normalized spacial score (nSPS) is 16.1. The van der Waals surface area contributed by atoms with Crippen molar-refractivity contribution < 1.29 is 4.79 Å². The first-order chi connectivity index (χ1) is 14.3. The molecular weight excluding hydrogens is 370 g/mol. The molecular formula is C26H43N3O. The number of hydrogen-bond donors (Lipinski definition) is 1. The minimum atomic E-state index is 0.315. The number of rotatable bonds is 10. The van der Waals surface area contributed by atoms with Crippen molar-refractivity contribution in [2.45, 2.75) is 72.3 Å². The van der Waals surface area contributed by atoms with E-state index in [0.717, 1.165) is 38.9 Å². The van der Waals surface area contributed by atoms with Gasteiger partial charge in [0, 0.05) is 39.1 Å². The lowest BCUT2D eigenvalue weighted by atomic mass is 9.95. The van der Waals surface area contributed by atoms with Gasteiger partial charge in [0.25, 0.3) is 0 Å². The van der Waals surface area contributed by atoms with Crippen LogP contribution in [0.15, 0.2) is 30.9 Å². The molecule has 4 nitrogen and oxygen atoms in total. The van der Waals surface area contributed by atoms with E-state index in [1.807, 2.05) is 13.1 Å². The van der Waals surface area contributed by atoms with Gasteiger partial charge < -0.3 is 15.1 Å². The van der Waals surface area contributed by atoms with Crippen LogP contribution in [0.1, 0.15) is 71.8 Å². The van der Waals surface area contributed by atoms with Gasteiger partial charge in [-0.25, -0.2) is 0 Å². The number of anilines is 2. The lowest BCUT2D eigenvalue weighted by molar-refractivity contribution is -0.133. The molecule has 1 saturated heterocycles. The molecule has 1 aromatic carbocycles. The summed E-state index contributed by atoms with van der Waals surface area (Å²) in [5.74, 6) is 1.79. The molecule has 1 fully saturated rings. The van der Waals surface area contributed by atoms with E-state index in [-0.39, 0.29) is 0 Å². The van der Waals surface area contributed by atoms with Crippen molar-refractivity contribution in [1.29, 1.82) is 0 Å². The van der Waals surface area contributed by atoms with E-state index in [1.54, 1.807) is 0 Å². The van der Waals surface area contributed by atoms with E-state index in [0.29, 0.717) is 36.1 Å². The Kier molecular flexibility index (Phi) is 9.26. The van der Waals surface area contributed by atoms with Crippen LogP contribution >= 0.6 is 0 Å². The molecule has 0 saturated carbocycles. The monoisotopic (exact) mass is 413 g/mol. The van der Waals surface area contributed by atoms with Crippen molar-refractivity contribution in [2.24, 2.45) is 11.8 Å². The predicted molar refractivity (Wildman–Crippen MR) is 130 cm³/mol. The summed E-state index contributed by atoms with van der Waals surface area (Å²) in [5, 5.41) is 3.44. The first-order valence-corrected chi connectivity index (χ1v) is 11.7. The topological polar surface area (TPSA) is 35.6 Å². The lowest BCUT2D eigenvalue weighted by Gasteiger charge is -2.41. The van der Waals surface area contributed by atoms with Crippen LogP contribution in [-0.4, -0.2) is 43.5 Å². The van der Waals surface area contributed by atoms with E-state index in [4.69, 9.17) is 0 Å². The van der Waals surface area contributed by atoms with Gasteiger partial charge in [-0.15, -0.1) is 6.58 Å². The van der Waals surface area contributed by atoms with Crippen molar-refractivity contribution in [1.82, 2.24) is 4.90 Å². The second-order valence-corrected chi connectivity index (χ2v) is 9.71. The Morgan fingerprint density at radius 2 is 1.87 bits per heavy atom. The van der Waals surface area contributed by atoms with Crippen molar-refractivity contribution in [3.8, 4) is 0 Å². The summed E-state index contributed by atoms with van der Waals surface area (Å²) in [6.07, 6.45) is 5.72. The molecule has 2 rings (SSSR count). The van der Waals surface area contributed by atoms with Crippen LogP contribution in [0.2, 0.25) is 0 Å². The number of carbonyl (C=O) groups is 1. The minimum absolute atomic E-state index is 0.315. The maximum Gasteiger partial charge on any atom is 0.222 e. The van der Waals surface area contributed by atoms with Crippen molar-refractivity contribution >= 4 is 17.3 Å². The SMILES string of the molecule is C=CCC(C)c1ccc(N(CC(C)C)C2CCN(C(=O)CC(C)C)CC2)c(NC)c1. The molecule has 1 aliphatic heterocycles. The Balaban J connectivity index is 2.20. The summed E-state index contributed by atoms with van der Waals surface area (Å²) < 4.78 is 0. The molecule has 30 heavy (non-hydrogen) atoms. The fourth-order valence-electron chi connectivity index (χ4n) is 4.44. The van der Waals surface area contributed by atoms with Gasteiger partial charge in [0.15, 0.2) is 0 Å². The average molecular weight is 414 g/mol. The van der Waals surface area contributed by atoms with Crippen LogP contribution in [0, 0.1) is 11.8 Å². The van der Waals surface area contributed by atoms with Gasteiger partial charge in [0.05, 0.1) is 11.4 Å². The first-order valence-electron chi connectivity index (χ1n) is 11.7. The van der Waals surface area contributed by atoms with Gasteiger partial charge in [-0.1, -0.05) is 46.8 Å². The summed E-state index contributed by atoms with van der Waals surface area (Å²) in [6.45, 7) is 17.7. The second kappa shape index (κ2) is 11.4. The fraction of sp³-hybridized carbons (Fsp3) is 0.654. The smallest absolute Gasteiger partial charge is 0.222 e. The zero-order valence-electron chi connectivity index (χ0n) is 20.1. The molecule has 0 aliphatic carbocycles. The molecule has 0 radical (unpaired) electrons. The molecule has 0 spiro atoms. The summed E-state index contributed by atoms with van der Waals surface area (Å²) in [4.78, 5) is 17.1. The standard InChI is InChI=1S/C26H43N3O/c1-8-9-21(6)22-10-11-25(24(17-22)27-7)29(18-20(4)5)23-12-14-28(15-13-23)26(30)16-19(2)3/h8,10-11,17,19-21,23,27H,1,9,12-16,18H2,2-7H3. The Morgan fingerprint density at radius 3 is 2.40 bits per heavy atom. The summed E-state index contributed by atoms with van der Waals surface area (Å²) in [5.41, 5.74) is 3.83. The third-order valence-electron chi connectivity index (χ3n) is 6.09. The van der Waals surface area contributed by atoms with E-state index >= 15 is 0 Å². The molecule has 1 aromatic rings. The Hall–Kier alpha value is -1.97. The zero-order valence-corrected chi connectivity index (χ0v) is 20.1. The highest BCUT2D eigenvalue weighted by Gasteiger charge is 2.29. The maximum absolute atomic E-state index is 12.5. The quantitative estimate of drug-likeness (QED) is 0.485. The van der Waals surface area contributed by atoms with Crippen LogP contribution in [-0.2, 0) is 4.79 Å². The lowest BCUT2D eigenvalue weighted by Crippen LogP contribution is -2.48. The van der Waals surface area contributed by atoms with Gasteiger partial charge in [-0.2, -0.15) is 0 Å². The van der Waals surface area contributed by atoms with Gasteiger partial charge >= 0.3 is 0 Å². The number of carbonyl (C=O) groups excluding carboxylic acids is 1. The Morgan fingerprint density at radius 1 is 1.20 bits per heavy atom. The number of allylic oxidation sites excluding steroid dienone is 1. The number of amides is 1. The molecule has 1 amide bonds. The van der Waals surface area contributed by atoms with Crippen LogP contribution in [0.5, 0.6) is 0 Å². The summed E-state index contributed by atoms with van der Waals surface area (Å²) in [6, 6.07) is 7.34. The van der Waals surface area contributed by atoms with Crippen molar-refractivity contribution in [3.05, 3.63) is 36.4 Å². The molecule has 4 heteroatoms. The Bertz CT molecular complexity index is 690. The number of hydrogen-bond acceptors (Lipinski definition) is 3. The largest absolute Gasteiger partial charge is 0.386 e. The highest BCUT2D eigenvalue weighted by Crippen LogP contribution is 2.34. The summed E-state index contributed by atoms with van der Waals surface area (Å²) >= 11 is 0. The molecule has 1 N–H and O–H groups in total. The number of nitrogens with one attached hydrogen (secondary N) is 1. The highest BCUT2D eigenvalue weighted by atomic mass is 16.2. The molecule has 168 valence electrons. The second-order valence-electron chi connectivity index (χ2n) is 9.71. The number of piperidine rings is 1. The van der Waals surface area contributed by atoms with Gasteiger partial charge in [0.2, 0.25) is 5.91 Å². The van der Waals surface area contributed by atoms with E-state index in [1.165, 1.54) is 16.9 Å². The average Bonchev–Trinajstić information content (AvgIpc) is 2.71. The maximum atomic E-state index is 12.5. The van der Waals surface area contributed by atoms with Gasteiger partial charge in [-0.05, 0) is 54.7 Å². The molecule has 0 bridgehead atoms. The van der Waals surface area contributed by atoms with Crippen LogP contribution in [0.3, 0.4) is 0 Å². The van der Waals surface area contributed by atoms with Crippen molar-refractivity contribution in [2.75, 3.05) is 36.9 Å². The minimum Gasteiger partial charge on any atom is -0.386 e. The van der Waals surface area contributed by atoms with Crippen LogP contribution in [0.25, 0.3) is 0 Å². The van der Waals surface area contributed by atoms with Crippen molar-refractivity contribution in [3.63, 3.8) is 0 Å². The number of nitrogens with zero attached hydrogens (tertiary/aromatic N) is 2. The fourth-order valence-corrected chi connectivity index (χ4v) is 4.44. The van der Waals surface area contributed by atoms with E-state index in [2.05, 4.69) is 74.5 Å². The van der Waals surface area contributed by atoms with Crippen LogP contribution in [0.4, 0.5) is 11.4 Å². The zero-order chi connectivity index (χ0) is 22.3. The third kappa shape index (κ3) is 6.52. The van der Waals surface area contributed by atoms with Gasteiger partial charge in [0.1, 0.15) is 0 Å². The molecule has 1 unspecified atom stereocenters. The summed E-state index contributed by atoms with van der Waals surface area (Å²) in [7, 11) is 2.02. The molecule has 1 aliphatic rings. The Labute approximate surface area is 184 Å². The number of benzene rings is 1. The molecule has 0 aromatic heterocycles. The molecule has 1 atom stereocenters. The van der Waals surface area contributed by atoms with E-state index < -0.39 is 0 Å². The predicted octanol–water partition coefficient (Wildman–Crippen LogP) is 5.91. The van der Waals surface area contributed by atoms with Gasteiger partial charge in [-0.3, -0.25) is 4.79 Å². The third-order valence-corrected chi connectivity index (χ3v) is 6.09. The van der Waals surface area contributed by atoms with E-state index in [9.17, 15) is 4.79 Å². The molecule has 1 heterocycles. The highest BCUT2D eigenvalue weighted by molar-refractivity contribution is 5.76. The first kappa shape index (κ1) is 24.3.